The van der Waals surface area contributed by atoms with Gasteiger partial charge in [-0.15, -0.1) is 0 Å². The van der Waals surface area contributed by atoms with Crippen LogP contribution >= 0.6 is 0 Å². The molecule has 7 heteroatoms. The molecule has 0 aliphatic rings. The second-order valence-corrected chi connectivity index (χ2v) is 3.34. The van der Waals surface area contributed by atoms with E-state index in [4.69, 9.17) is 0 Å². The molecule has 0 N–H and O–H groups in total. The molecule has 5 nitrogen and oxygen atoms in total. The van der Waals surface area contributed by atoms with E-state index >= 15 is 0 Å². The van der Waals surface area contributed by atoms with Crippen molar-refractivity contribution in [1.29, 1.82) is 0 Å². The Hall–Kier alpha value is -0.140. The number of ether oxygens (including phenoxy) is 1. The third kappa shape index (κ3) is 2.93. The van der Waals surface area contributed by atoms with Crippen LogP contribution in [0, 0.1) is 0 Å². The normalized spacial score (nSPS) is 11.6. The molecule has 0 spiro atoms. The Bertz CT molecular complexity index is 363. The van der Waals surface area contributed by atoms with Gasteiger partial charge in [0.1, 0.15) is 5.69 Å². The number of methoxy groups -OCH3 is 1. The zero-order valence-electron chi connectivity index (χ0n) is 8.14. The quantitative estimate of drug-likeness (QED) is 0.306. The first-order chi connectivity index (χ1) is 6.06. The molecular formula is C7H8NNaO4S. The second-order valence-electron chi connectivity index (χ2n) is 2.40. The molecule has 0 fully saturated rings. The molecule has 1 heterocycles. The average molecular weight is 225 g/mol. The summed E-state index contributed by atoms with van der Waals surface area (Å²) in [6, 6.07) is 1.26. The molecule has 1 unspecified atom stereocenters. The zero-order valence-corrected chi connectivity index (χ0v) is 11.0. The Morgan fingerprint density at radius 3 is 2.57 bits per heavy atom. The maximum Gasteiger partial charge on any atom is 1.00 e. The van der Waals surface area contributed by atoms with Gasteiger partial charge in [0.05, 0.1) is 7.11 Å². The molecule has 0 saturated heterocycles. The van der Waals surface area contributed by atoms with Crippen molar-refractivity contribution in [3.8, 4) is 0 Å². The SMILES string of the molecule is COC(=O)c1cc(S(=O)[O-])cn1C.[Na+]. The van der Waals surface area contributed by atoms with Crippen LogP contribution < -0.4 is 29.6 Å². The maximum atomic E-state index is 11.0. The van der Waals surface area contributed by atoms with Crippen LogP contribution in [0.5, 0.6) is 0 Å². The van der Waals surface area contributed by atoms with Crippen LogP contribution in [0.15, 0.2) is 17.2 Å². The van der Waals surface area contributed by atoms with Crippen molar-refractivity contribution >= 4 is 17.0 Å². The number of aromatic nitrogens is 1. The number of hydrogen-bond donors (Lipinski definition) is 0. The molecule has 1 atom stereocenters. The van der Waals surface area contributed by atoms with Gasteiger partial charge in [0.15, 0.2) is 0 Å². The van der Waals surface area contributed by atoms with E-state index in [1.54, 1.807) is 7.05 Å². The van der Waals surface area contributed by atoms with Crippen molar-refractivity contribution in [2.45, 2.75) is 4.90 Å². The van der Waals surface area contributed by atoms with Gasteiger partial charge in [-0.1, -0.05) is 0 Å². The molecule has 0 radical (unpaired) electrons. The first-order valence-electron chi connectivity index (χ1n) is 3.40. The van der Waals surface area contributed by atoms with Crippen molar-refractivity contribution in [1.82, 2.24) is 4.57 Å². The summed E-state index contributed by atoms with van der Waals surface area (Å²) < 4.78 is 26.9. The molecule has 0 aliphatic heterocycles. The van der Waals surface area contributed by atoms with E-state index in [1.807, 2.05) is 0 Å². The minimum absolute atomic E-state index is 0. The van der Waals surface area contributed by atoms with E-state index in [9.17, 15) is 13.6 Å². The van der Waals surface area contributed by atoms with Crippen LogP contribution in [0.4, 0.5) is 0 Å². The van der Waals surface area contributed by atoms with Crippen molar-refractivity contribution in [3.63, 3.8) is 0 Å². The maximum absolute atomic E-state index is 11.0. The predicted octanol–water partition coefficient (Wildman–Crippen LogP) is -2.95. The Kier molecular flexibility index (Phi) is 5.61. The van der Waals surface area contributed by atoms with E-state index in [0.717, 1.165) is 0 Å². The van der Waals surface area contributed by atoms with E-state index in [2.05, 4.69) is 4.74 Å². The van der Waals surface area contributed by atoms with Gasteiger partial charge < -0.3 is 13.9 Å². The second kappa shape index (κ2) is 5.67. The van der Waals surface area contributed by atoms with Gasteiger partial charge in [-0.05, 0) is 17.1 Å². The smallest absolute Gasteiger partial charge is 0.768 e. The Morgan fingerprint density at radius 1 is 1.64 bits per heavy atom. The third-order valence-corrected chi connectivity index (χ3v) is 2.17. The minimum atomic E-state index is -2.32. The van der Waals surface area contributed by atoms with Crippen molar-refractivity contribution in [2.24, 2.45) is 7.05 Å². The number of carbonyl (C=O) groups is 1. The van der Waals surface area contributed by atoms with E-state index in [-0.39, 0.29) is 40.1 Å². The molecule has 0 aliphatic carbocycles. The molecule has 0 bridgehead atoms. The largest absolute Gasteiger partial charge is 1.00 e. The van der Waals surface area contributed by atoms with Gasteiger partial charge in [0.25, 0.3) is 0 Å². The van der Waals surface area contributed by atoms with Gasteiger partial charge in [0.2, 0.25) is 0 Å². The summed E-state index contributed by atoms with van der Waals surface area (Å²) >= 11 is -2.32. The average Bonchev–Trinajstić information content (AvgIpc) is 2.46. The molecule has 72 valence electrons. The summed E-state index contributed by atoms with van der Waals surface area (Å²) in [6.45, 7) is 0. The molecular weight excluding hydrogens is 217 g/mol. The zero-order chi connectivity index (χ0) is 10.0. The number of carbonyl (C=O) groups excluding carboxylic acids is 1. The van der Waals surface area contributed by atoms with Crippen LogP contribution in [0.1, 0.15) is 10.5 Å². The fourth-order valence-corrected chi connectivity index (χ4v) is 1.38. The van der Waals surface area contributed by atoms with E-state index < -0.39 is 17.0 Å². The molecule has 14 heavy (non-hydrogen) atoms. The van der Waals surface area contributed by atoms with Gasteiger partial charge in [-0.3, -0.25) is 4.21 Å². The first-order valence-corrected chi connectivity index (χ1v) is 4.47. The van der Waals surface area contributed by atoms with Gasteiger partial charge >= 0.3 is 35.5 Å². The summed E-state index contributed by atoms with van der Waals surface area (Å²) in [5.41, 5.74) is 0.210. The molecule has 0 aromatic carbocycles. The standard InChI is InChI=1S/C7H9NO4S.Na/c1-8-4-5(13(10)11)3-6(8)7(9)12-2;/h3-4H,1-2H3,(H,10,11);/q;+1/p-1. The fraction of sp³-hybridized carbons (Fsp3) is 0.286. The molecule has 1 rings (SSSR count). The van der Waals surface area contributed by atoms with Crippen LogP contribution in [0.3, 0.4) is 0 Å². The van der Waals surface area contributed by atoms with Crippen LogP contribution in [-0.2, 0) is 22.9 Å². The van der Waals surface area contributed by atoms with E-state index in [0.29, 0.717) is 0 Å². The fourth-order valence-electron chi connectivity index (χ4n) is 0.933. The third-order valence-electron chi connectivity index (χ3n) is 1.57. The van der Waals surface area contributed by atoms with Crippen molar-refractivity contribution in [3.05, 3.63) is 18.0 Å². The van der Waals surface area contributed by atoms with Crippen LogP contribution in [0.2, 0.25) is 0 Å². The van der Waals surface area contributed by atoms with Gasteiger partial charge in [-0.25, -0.2) is 4.79 Å². The summed E-state index contributed by atoms with van der Waals surface area (Å²) in [5, 5.41) is 0. The number of aryl methyl sites for hydroxylation is 1. The first kappa shape index (κ1) is 13.9. The van der Waals surface area contributed by atoms with E-state index in [1.165, 1.54) is 23.9 Å². The van der Waals surface area contributed by atoms with Crippen LogP contribution in [-0.4, -0.2) is 26.4 Å². The predicted molar refractivity (Wildman–Crippen MR) is 43.9 cm³/mol. The molecule has 1 aromatic heterocycles. The Morgan fingerprint density at radius 2 is 2.21 bits per heavy atom. The number of hydrogen-bond acceptors (Lipinski definition) is 4. The monoisotopic (exact) mass is 225 g/mol. The molecule has 0 saturated carbocycles. The number of nitrogens with zero attached hydrogens (tertiary/aromatic N) is 1. The molecule has 1 aromatic rings. The minimum Gasteiger partial charge on any atom is -0.768 e. The van der Waals surface area contributed by atoms with Gasteiger partial charge in [0, 0.05) is 18.1 Å². The summed E-state index contributed by atoms with van der Waals surface area (Å²) in [6.07, 6.45) is 1.34. The van der Waals surface area contributed by atoms with Crippen molar-refractivity contribution < 1.29 is 47.9 Å². The summed E-state index contributed by atoms with van der Waals surface area (Å²) in [5.74, 6) is -0.556. The topological polar surface area (TPSA) is 71.4 Å². The van der Waals surface area contributed by atoms with Gasteiger partial charge in [-0.2, -0.15) is 0 Å². The number of rotatable bonds is 2. The Labute approximate surface area is 106 Å². The number of esters is 1. The summed E-state index contributed by atoms with van der Waals surface area (Å²) in [4.78, 5) is 11.1. The van der Waals surface area contributed by atoms with Crippen LogP contribution in [0.25, 0.3) is 0 Å². The molecule has 0 amide bonds. The summed E-state index contributed by atoms with van der Waals surface area (Å²) in [7, 11) is 2.81. The Balaban J connectivity index is 0.00000169. The van der Waals surface area contributed by atoms with Crippen molar-refractivity contribution in [2.75, 3.05) is 7.11 Å².